The van der Waals surface area contributed by atoms with E-state index in [1.807, 2.05) is 7.05 Å². The molecule has 1 fully saturated rings. The summed E-state index contributed by atoms with van der Waals surface area (Å²) in [6.07, 6.45) is 2.49. The number of aryl methyl sites for hydroxylation is 1. The van der Waals surface area contributed by atoms with Gasteiger partial charge >= 0.3 is 0 Å². The van der Waals surface area contributed by atoms with Gasteiger partial charge < -0.3 is 20.3 Å². The lowest BCUT2D eigenvalue weighted by Gasteiger charge is -2.32. The predicted molar refractivity (Wildman–Crippen MR) is 125 cm³/mol. The van der Waals surface area contributed by atoms with Gasteiger partial charge in [0.05, 0.1) is 6.61 Å². The van der Waals surface area contributed by atoms with Gasteiger partial charge in [-0.05, 0) is 50.3 Å². The van der Waals surface area contributed by atoms with Crippen LogP contribution < -0.4 is 10.6 Å². The summed E-state index contributed by atoms with van der Waals surface area (Å²) in [6, 6.07) is 8.79. The molecular formula is C21H37IN4O. The molecule has 1 saturated heterocycles. The highest BCUT2D eigenvalue weighted by atomic mass is 127. The minimum absolute atomic E-state index is 0. The van der Waals surface area contributed by atoms with Crippen LogP contribution >= 0.6 is 24.0 Å². The monoisotopic (exact) mass is 488 g/mol. The van der Waals surface area contributed by atoms with Crippen LogP contribution in [0, 0.1) is 12.8 Å². The molecular weight excluding hydrogens is 451 g/mol. The first-order chi connectivity index (χ1) is 12.6. The topological polar surface area (TPSA) is 48.9 Å². The number of nitrogens with zero attached hydrogens (tertiary/aromatic N) is 2. The van der Waals surface area contributed by atoms with Crippen LogP contribution in [0.4, 0.5) is 0 Å². The third kappa shape index (κ3) is 8.79. The molecule has 0 spiro atoms. The van der Waals surface area contributed by atoms with E-state index in [1.165, 1.54) is 37.1 Å². The quantitative estimate of drug-likeness (QED) is 0.335. The Morgan fingerprint density at radius 3 is 2.48 bits per heavy atom. The van der Waals surface area contributed by atoms with E-state index >= 15 is 0 Å². The van der Waals surface area contributed by atoms with Crippen molar-refractivity contribution < 1.29 is 4.74 Å². The lowest BCUT2D eigenvalue weighted by molar-refractivity contribution is 0.121. The van der Waals surface area contributed by atoms with Crippen molar-refractivity contribution >= 4 is 29.9 Å². The van der Waals surface area contributed by atoms with Crippen LogP contribution in [0.1, 0.15) is 36.8 Å². The molecule has 1 aromatic rings. The molecule has 6 heteroatoms. The number of aliphatic imine (C=N–C) groups is 1. The van der Waals surface area contributed by atoms with E-state index in [4.69, 9.17) is 4.74 Å². The highest BCUT2D eigenvalue weighted by Crippen LogP contribution is 2.16. The molecule has 1 aromatic carbocycles. The molecule has 5 nitrogen and oxygen atoms in total. The first-order valence-corrected chi connectivity index (χ1v) is 9.84. The van der Waals surface area contributed by atoms with Crippen molar-refractivity contribution in [3.05, 3.63) is 35.4 Å². The van der Waals surface area contributed by atoms with E-state index in [-0.39, 0.29) is 24.0 Å². The van der Waals surface area contributed by atoms with Crippen LogP contribution in [0.3, 0.4) is 0 Å². The Hall–Kier alpha value is -0.860. The van der Waals surface area contributed by atoms with Crippen molar-refractivity contribution in [3.8, 4) is 0 Å². The van der Waals surface area contributed by atoms with Gasteiger partial charge in [-0.25, -0.2) is 0 Å². The Labute approximate surface area is 182 Å². The molecule has 1 unspecified atom stereocenters. The minimum atomic E-state index is 0. The summed E-state index contributed by atoms with van der Waals surface area (Å²) >= 11 is 0. The van der Waals surface area contributed by atoms with Crippen molar-refractivity contribution in [2.24, 2.45) is 10.9 Å². The van der Waals surface area contributed by atoms with Crippen molar-refractivity contribution in [2.45, 2.75) is 32.6 Å². The number of halogens is 1. The number of likely N-dealkylation sites (tertiary alicyclic amines) is 1. The van der Waals surface area contributed by atoms with Crippen LogP contribution in [-0.4, -0.2) is 64.3 Å². The molecule has 2 rings (SSSR count). The zero-order valence-corrected chi connectivity index (χ0v) is 19.7. The summed E-state index contributed by atoms with van der Waals surface area (Å²) in [7, 11) is 3.62. The fraction of sp³-hybridized carbons (Fsp3) is 0.667. The van der Waals surface area contributed by atoms with Gasteiger partial charge in [-0.2, -0.15) is 0 Å². The van der Waals surface area contributed by atoms with E-state index in [0.717, 1.165) is 38.1 Å². The van der Waals surface area contributed by atoms with Gasteiger partial charge in [0.1, 0.15) is 0 Å². The van der Waals surface area contributed by atoms with E-state index in [0.29, 0.717) is 5.92 Å². The molecule has 1 atom stereocenters. The van der Waals surface area contributed by atoms with E-state index in [9.17, 15) is 0 Å². The maximum Gasteiger partial charge on any atom is 0.191 e. The SMILES string of the molecule is CN=C(NCC1CCN(CCOC)CC1)NCC(C)c1ccc(C)cc1.I. The van der Waals surface area contributed by atoms with Gasteiger partial charge in [0.2, 0.25) is 0 Å². The summed E-state index contributed by atoms with van der Waals surface area (Å²) in [5.41, 5.74) is 2.67. The summed E-state index contributed by atoms with van der Waals surface area (Å²) in [4.78, 5) is 6.87. The Morgan fingerprint density at radius 1 is 1.22 bits per heavy atom. The molecule has 0 aliphatic carbocycles. The number of guanidine groups is 1. The number of rotatable bonds is 8. The first-order valence-electron chi connectivity index (χ1n) is 9.84. The molecule has 0 amide bonds. The standard InChI is InChI=1S/C21H36N4O.HI/c1-17-5-7-20(8-6-17)18(2)15-23-21(22-3)24-16-19-9-11-25(12-10-19)13-14-26-4;/h5-8,18-19H,9-16H2,1-4H3,(H2,22,23,24);1H. The van der Waals surface area contributed by atoms with Gasteiger partial charge in [-0.3, -0.25) is 4.99 Å². The molecule has 154 valence electrons. The maximum absolute atomic E-state index is 5.17. The molecule has 0 bridgehead atoms. The number of hydrogen-bond donors (Lipinski definition) is 2. The van der Waals surface area contributed by atoms with Gasteiger partial charge in [0.25, 0.3) is 0 Å². The Balaban J connectivity index is 0.00000364. The van der Waals surface area contributed by atoms with Crippen molar-refractivity contribution in [1.82, 2.24) is 15.5 Å². The fourth-order valence-electron chi connectivity index (χ4n) is 3.36. The normalized spacial score (nSPS) is 17.3. The van der Waals surface area contributed by atoms with Gasteiger partial charge in [-0.1, -0.05) is 36.8 Å². The van der Waals surface area contributed by atoms with Gasteiger partial charge in [0.15, 0.2) is 5.96 Å². The van der Waals surface area contributed by atoms with Crippen LogP contribution in [-0.2, 0) is 4.74 Å². The smallest absolute Gasteiger partial charge is 0.191 e. The van der Waals surface area contributed by atoms with E-state index < -0.39 is 0 Å². The molecule has 0 saturated carbocycles. The average molecular weight is 488 g/mol. The number of nitrogens with one attached hydrogen (secondary N) is 2. The van der Waals surface area contributed by atoms with Gasteiger partial charge in [0, 0.05) is 33.8 Å². The second kappa shape index (κ2) is 13.3. The second-order valence-electron chi connectivity index (χ2n) is 7.42. The van der Waals surface area contributed by atoms with Crippen LogP contribution in [0.5, 0.6) is 0 Å². The Morgan fingerprint density at radius 2 is 1.89 bits per heavy atom. The number of benzene rings is 1. The maximum atomic E-state index is 5.17. The molecule has 1 aliphatic rings. The molecule has 1 heterocycles. The van der Waals surface area contributed by atoms with Crippen molar-refractivity contribution in [3.63, 3.8) is 0 Å². The molecule has 1 aliphatic heterocycles. The van der Waals surface area contributed by atoms with E-state index in [2.05, 4.69) is 58.6 Å². The summed E-state index contributed by atoms with van der Waals surface area (Å²) in [6.45, 7) is 10.5. The number of methoxy groups -OCH3 is 1. The number of hydrogen-bond acceptors (Lipinski definition) is 3. The molecule has 2 N–H and O–H groups in total. The summed E-state index contributed by atoms with van der Waals surface area (Å²) < 4.78 is 5.17. The molecule has 0 aromatic heterocycles. The number of piperidine rings is 1. The molecule has 0 radical (unpaired) electrons. The Bertz CT molecular complexity index is 542. The van der Waals surface area contributed by atoms with Crippen LogP contribution in [0.2, 0.25) is 0 Å². The number of ether oxygens (including phenoxy) is 1. The van der Waals surface area contributed by atoms with Crippen LogP contribution in [0.25, 0.3) is 0 Å². The summed E-state index contributed by atoms with van der Waals surface area (Å²) in [5.74, 6) is 2.09. The largest absolute Gasteiger partial charge is 0.383 e. The zero-order chi connectivity index (χ0) is 18.8. The third-order valence-electron chi connectivity index (χ3n) is 5.32. The van der Waals surface area contributed by atoms with Crippen molar-refractivity contribution in [1.29, 1.82) is 0 Å². The fourth-order valence-corrected chi connectivity index (χ4v) is 3.36. The van der Waals surface area contributed by atoms with Gasteiger partial charge in [-0.15, -0.1) is 24.0 Å². The third-order valence-corrected chi connectivity index (χ3v) is 5.32. The minimum Gasteiger partial charge on any atom is -0.383 e. The highest BCUT2D eigenvalue weighted by Gasteiger charge is 2.19. The van der Waals surface area contributed by atoms with Crippen molar-refractivity contribution in [2.75, 3.05) is 53.5 Å². The summed E-state index contributed by atoms with van der Waals surface area (Å²) in [5, 5.41) is 6.98. The zero-order valence-electron chi connectivity index (χ0n) is 17.3. The highest BCUT2D eigenvalue weighted by molar-refractivity contribution is 14.0. The average Bonchev–Trinajstić information content (AvgIpc) is 2.67. The van der Waals surface area contributed by atoms with E-state index in [1.54, 1.807) is 7.11 Å². The lowest BCUT2D eigenvalue weighted by atomic mass is 9.97. The molecule has 27 heavy (non-hydrogen) atoms. The Kier molecular flexibility index (Phi) is 11.9. The van der Waals surface area contributed by atoms with Crippen LogP contribution in [0.15, 0.2) is 29.3 Å². The predicted octanol–water partition coefficient (Wildman–Crippen LogP) is 3.24. The lowest BCUT2D eigenvalue weighted by Crippen LogP contribution is -2.44. The first kappa shape index (κ1) is 24.2. The second-order valence-corrected chi connectivity index (χ2v) is 7.42.